The van der Waals surface area contributed by atoms with Crippen LogP contribution in [0.1, 0.15) is 52.4 Å². The Bertz CT molecular complexity index is 364. The largest absolute Gasteiger partial charge is 0.394 e. The van der Waals surface area contributed by atoms with E-state index < -0.39 is 0 Å². The van der Waals surface area contributed by atoms with Crippen LogP contribution in [0.4, 0.5) is 0 Å². The smallest absolute Gasteiger partial charge is 0.0816 e. The van der Waals surface area contributed by atoms with Crippen molar-refractivity contribution in [3.63, 3.8) is 0 Å². The fraction of sp³-hybridized carbons (Fsp3) is 0.875. The summed E-state index contributed by atoms with van der Waals surface area (Å²) in [5, 5.41) is 9.40. The molecule has 0 aromatic heterocycles. The van der Waals surface area contributed by atoms with Crippen molar-refractivity contribution in [1.82, 2.24) is 0 Å². The molecule has 5 atom stereocenters. The number of aliphatic hydroxyl groups excluding tert-OH is 1. The molecule has 2 nitrogen and oxygen atoms in total. The summed E-state index contributed by atoms with van der Waals surface area (Å²) < 4.78 is 6.07. The molecule has 1 saturated heterocycles. The minimum Gasteiger partial charge on any atom is -0.394 e. The standard InChI is InChI=1S/C16H26O2/c1-11-5-4-6-13-15(11,2)8-7-14-16(13,3)9-12(10-17)18-14/h12-14,17H,1,4-10H2,2-3H3/t12-,13+,14-,15+,16-/m0/s1. The lowest BCUT2D eigenvalue weighted by Gasteiger charge is -2.56. The first-order chi connectivity index (χ1) is 8.50. The van der Waals surface area contributed by atoms with E-state index in [-0.39, 0.29) is 18.1 Å². The molecule has 18 heavy (non-hydrogen) atoms. The number of rotatable bonds is 1. The molecule has 1 N–H and O–H groups in total. The van der Waals surface area contributed by atoms with E-state index in [2.05, 4.69) is 20.4 Å². The van der Waals surface area contributed by atoms with Gasteiger partial charge in [-0.1, -0.05) is 26.0 Å². The first-order valence-electron chi connectivity index (χ1n) is 7.45. The fourth-order valence-corrected chi connectivity index (χ4v) is 5.14. The summed E-state index contributed by atoms with van der Waals surface area (Å²) in [6, 6.07) is 0. The maximum atomic E-state index is 9.40. The Balaban J connectivity index is 1.94. The van der Waals surface area contributed by atoms with Crippen molar-refractivity contribution in [2.24, 2.45) is 16.7 Å². The molecule has 0 aromatic rings. The SMILES string of the molecule is C=C1CCC[C@H]2[C@]3(C)C[C@@H](CO)O[C@H]3CC[C@]12C. The highest BCUT2D eigenvalue weighted by Gasteiger charge is 2.59. The van der Waals surface area contributed by atoms with Crippen LogP contribution >= 0.6 is 0 Å². The molecular formula is C16H26O2. The lowest BCUT2D eigenvalue weighted by atomic mass is 9.48. The van der Waals surface area contributed by atoms with Gasteiger partial charge in [-0.05, 0) is 55.3 Å². The molecule has 2 saturated carbocycles. The summed E-state index contributed by atoms with van der Waals surface area (Å²) >= 11 is 0. The summed E-state index contributed by atoms with van der Waals surface area (Å²) in [5.74, 6) is 0.696. The van der Waals surface area contributed by atoms with Crippen LogP contribution < -0.4 is 0 Å². The highest BCUT2D eigenvalue weighted by molar-refractivity contribution is 5.20. The van der Waals surface area contributed by atoms with Crippen LogP contribution in [0.3, 0.4) is 0 Å². The van der Waals surface area contributed by atoms with E-state index in [1.807, 2.05) is 0 Å². The second-order valence-corrected chi connectivity index (χ2v) is 7.14. The topological polar surface area (TPSA) is 29.5 Å². The van der Waals surface area contributed by atoms with Gasteiger partial charge in [0.25, 0.3) is 0 Å². The van der Waals surface area contributed by atoms with Crippen LogP contribution in [0.5, 0.6) is 0 Å². The van der Waals surface area contributed by atoms with Gasteiger partial charge < -0.3 is 9.84 Å². The fourth-order valence-electron chi connectivity index (χ4n) is 5.14. The summed E-state index contributed by atoms with van der Waals surface area (Å²) in [6.45, 7) is 9.36. The number of ether oxygens (including phenoxy) is 1. The van der Waals surface area contributed by atoms with Crippen LogP contribution in [-0.4, -0.2) is 23.9 Å². The number of hydrogen-bond donors (Lipinski definition) is 1. The van der Waals surface area contributed by atoms with Crippen molar-refractivity contribution in [1.29, 1.82) is 0 Å². The van der Waals surface area contributed by atoms with Gasteiger partial charge >= 0.3 is 0 Å². The van der Waals surface area contributed by atoms with Gasteiger partial charge in [-0.25, -0.2) is 0 Å². The van der Waals surface area contributed by atoms with E-state index in [4.69, 9.17) is 4.74 Å². The third-order valence-corrected chi connectivity index (χ3v) is 6.23. The molecule has 0 radical (unpaired) electrons. The van der Waals surface area contributed by atoms with Crippen molar-refractivity contribution in [2.45, 2.75) is 64.6 Å². The van der Waals surface area contributed by atoms with Crippen molar-refractivity contribution >= 4 is 0 Å². The van der Waals surface area contributed by atoms with E-state index in [1.165, 1.54) is 31.3 Å². The van der Waals surface area contributed by atoms with Crippen LogP contribution in [0.2, 0.25) is 0 Å². The van der Waals surface area contributed by atoms with Crippen molar-refractivity contribution < 1.29 is 9.84 Å². The summed E-state index contributed by atoms with van der Waals surface area (Å²) in [6.07, 6.45) is 7.61. The third-order valence-electron chi connectivity index (χ3n) is 6.23. The number of aliphatic hydroxyl groups is 1. The van der Waals surface area contributed by atoms with Crippen molar-refractivity contribution in [3.8, 4) is 0 Å². The number of fused-ring (bicyclic) bond motifs is 3. The molecule has 1 aliphatic heterocycles. The van der Waals surface area contributed by atoms with E-state index in [1.54, 1.807) is 0 Å². The van der Waals surface area contributed by atoms with Gasteiger partial charge in [0, 0.05) is 0 Å². The summed E-state index contributed by atoms with van der Waals surface area (Å²) in [7, 11) is 0. The highest BCUT2D eigenvalue weighted by Crippen LogP contribution is 2.63. The molecule has 2 heteroatoms. The molecule has 3 fully saturated rings. The second-order valence-electron chi connectivity index (χ2n) is 7.14. The van der Waals surface area contributed by atoms with Crippen LogP contribution in [0.15, 0.2) is 12.2 Å². The average Bonchev–Trinajstić information content (AvgIpc) is 2.68. The molecule has 102 valence electrons. The molecular weight excluding hydrogens is 224 g/mol. The predicted octanol–water partition coefficient (Wildman–Crippen LogP) is 3.30. The Kier molecular flexibility index (Phi) is 2.87. The Morgan fingerprint density at radius 2 is 2.17 bits per heavy atom. The lowest BCUT2D eigenvalue weighted by Crippen LogP contribution is -2.51. The summed E-state index contributed by atoms with van der Waals surface area (Å²) in [4.78, 5) is 0. The van der Waals surface area contributed by atoms with Gasteiger partial charge in [0.05, 0.1) is 18.8 Å². The third kappa shape index (κ3) is 1.55. The quantitative estimate of drug-likeness (QED) is 0.724. The lowest BCUT2D eigenvalue weighted by molar-refractivity contribution is -0.0855. The normalized spacial score (nSPS) is 51.9. The summed E-state index contributed by atoms with van der Waals surface area (Å²) in [5.41, 5.74) is 2.03. The Morgan fingerprint density at radius 3 is 2.89 bits per heavy atom. The van der Waals surface area contributed by atoms with Gasteiger partial charge in [-0.3, -0.25) is 0 Å². The zero-order valence-corrected chi connectivity index (χ0v) is 11.7. The van der Waals surface area contributed by atoms with E-state index in [0.717, 1.165) is 12.8 Å². The second kappa shape index (κ2) is 4.08. The minimum atomic E-state index is 0.0672. The number of hydrogen-bond acceptors (Lipinski definition) is 2. The molecule has 0 spiro atoms. The molecule has 3 rings (SSSR count). The maximum absolute atomic E-state index is 9.40. The molecule has 1 heterocycles. The average molecular weight is 250 g/mol. The zero-order chi connectivity index (χ0) is 13.0. The van der Waals surface area contributed by atoms with E-state index in [0.29, 0.717) is 17.4 Å². The molecule has 0 amide bonds. The molecule has 2 aliphatic carbocycles. The monoisotopic (exact) mass is 250 g/mol. The van der Waals surface area contributed by atoms with Gasteiger partial charge in [0.2, 0.25) is 0 Å². The van der Waals surface area contributed by atoms with Gasteiger partial charge in [-0.15, -0.1) is 0 Å². The molecule has 0 bridgehead atoms. The Morgan fingerprint density at radius 1 is 1.39 bits per heavy atom. The van der Waals surface area contributed by atoms with Gasteiger partial charge in [-0.2, -0.15) is 0 Å². The van der Waals surface area contributed by atoms with Crippen LogP contribution in [0.25, 0.3) is 0 Å². The predicted molar refractivity (Wildman–Crippen MR) is 72.3 cm³/mol. The van der Waals surface area contributed by atoms with Crippen LogP contribution in [-0.2, 0) is 4.74 Å². The first-order valence-corrected chi connectivity index (χ1v) is 7.45. The van der Waals surface area contributed by atoms with Gasteiger partial charge in [0.1, 0.15) is 0 Å². The van der Waals surface area contributed by atoms with Crippen molar-refractivity contribution in [2.75, 3.05) is 6.61 Å². The van der Waals surface area contributed by atoms with E-state index >= 15 is 0 Å². The molecule has 0 aromatic carbocycles. The Hall–Kier alpha value is -0.340. The van der Waals surface area contributed by atoms with Crippen molar-refractivity contribution in [3.05, 3.63) is 12.2 Å². The first kappa shape index (κ1) is 12.7. The zero-order valence-electron chi connectivity index (χ0n) is 11.7. The highest BCUT2D eigenvalue weighted by atomic mass is 16.5. The molecule has 3 aliphatic rings. The van der Waals surface area contributed by atoms with E-state index in [9.17, 15) is 5.11 Å². The van der Waals surface area contributed by atoms with Gasteiger partial charge in [0.15, 0.2) is 0 Å². The molecule has 0 unspecified atom stereocenters. The Labute approximate surface area is 110 Å². The number of allylic oxidation sites excluding steroid dienone is 1. The maximum Gasteiger partial charge on any atom is 0.0816 e. The minimum absolute atomic E-state index is 0.0672. The van der Waals surface area contributed by atoms with Crippen LogP contribution in [0, 0.1) is 16.7 Å².